The van der Waals surface area contributed by atoms with Crippen molar-refractivity contribution >= 4 is 17.9 Å². The summed E-state index contributed by atoms with van der Waals surface area (Å²) >= 11 is 0. The molecule has 7 heteroatoms. The Labute approximate surface area is 383 Å². The van der Waals surface area contributed by atoms with Gasteiger partial charge in [0.15, 0.2) is 0 Å². The van der Waals surface area contributed by atoms with Crippen molar-refractivity contribution in [1.29, 1.82) is 0 Å². The number of carbonyl (C=O) groups excluding carboxylic acids is 3. The highest BCUT2D eigenvalue weighted by atomic mass is 16.5. The lowest BCUT2D eigenvalue weighted by atomic mass is 9.49. The van der Waals surface area contributed by atoms with E-state index in [2.05, 4.69) is 39.5 Å². The monoisotopic (exact) mass is 872 g/mol. The molecule has 0 amide bonds. The predicted molar refractivity (Wildman–Crippen MR) is 258 cm³/mol. The third-order valence-electron chi connectivity index (χ3n) is 15.9. The Morgan fingerprint density at radius 2 is 0.919 bits per heavy atom. The first-order valence-corrected chi connectivity index (χ1v) is 27.3. The Morgan fingerprint density at radius 3 is 1.47 bits per heavy atom. The molecule has 0 radical (unpaired) electrons. The van der Waals surface area contributed by atoms with Gasteiger partial charge in [-0.2, -0.15) is 0 Å². The largest absolute Gasteiger partial charge is 0.466 e. The summed E-state index contributed by atoms with van der Waals surface area (Å²) in [7, 11) is 0. The van der Waals surface area contributed by atoms with Crippen molar-refractivity contribution < 1.29 is 28.6 Å². The summed E-state index contributed by atoms with van der Waals surface area (Å²) in [6.07, 6.45) is 40.9. The smallest absolute Gasteiger partial charge is 0.305 e. The second-order valence-corrected chi connectivity index (χ2v) is 21.3. The van der Waals surface area contributed by atoms with Gasteiger partial charge < -0.3 is 19.1 Å². The van der Waals surface area contributed by atoms with E-state index in [1.54, 1.807) is 0 Å². The highest BCUT2D eigenvalue weighted by molar-refractivity contribution is 5.70. The van der Waals surface area contributed by atoms with E-state index in [0.717, 1.165) is 83.8 Å². The maximum Gasteiger partial charge on any atom is 0.305 e. The van der Waals surface area contributed by atoms with E-state index in [4.69, 9.17) is 14.2 Å². The maximum absolute atomic E-state index is 13.7. The van der Waals surface area contributed by atoms with Crippen molar-refractivity contribution in [3.05, 3.63) is 0 Å². The molecule has 4 rings (SSSR count). The van der Waals surface area contributed by atoms with Gasteiger partial charge in [0, 0.05) is 19.3 Å². The Hall–Kier alpha value is -1.63. The lowest BCUT2D eigenvalue weighted by Gasteiger charge is -2.56. The van der Waals surface area contributed by atoms with Gasteiger partial charge in [-0.25, -0.2) is 0 Å². The average Bonchev–Trinajstić information content (AvgIpc) is 3.43. The van der Waals surface area contributed by atoms with Gasteiger partial charge in [0.2, 0.25) is 0 Å². The van der Waals surface area contributed by atoms with Crippen LogP contribution in [-0.2, 0) is 28.6 Å². The Morgan fingerprint density at radius 1 is 0.484 bits per heavy atom. The van der Waals surface area contributed by atoms with Crippen LogP contribution in [-0.4, -0.2) is 62.3 Å². The SMILES string of the molecule is CCCCCCCCCOC(=O)CCC12CCC3(CCCOC(=O)CCCN(CC)CC)CC(C1)CC(CCC(=O)OCC(CCCCCCCC)CCCCCCCC)(C3)C2. The molecular weight excluding hydrogens is 771 g/mol. The third-order valence-corrected chi connectivity index (χ3v) is 15.9. The first-order valence-electron chi connectivity index (χ1n) is 27.3. The number of ether oxygens (including phenoxy) is 3. The summed E-state index contributed by atoms with van der Waals surface area (Å²) in [5.74, 6) is 1.02. The summed E-state index contributed by atoms with van der Waals surface area (Å²) < 4.78 is 17.8. The molecule has 0 aliphatic heterocycles. The molecule has 4 fully saturated rings. The number of nitrogens with zero attached hydrogens (tertiary/aromatic N) is 1. The van der Waals surface area contributed by atoms with E-state index in [1.807, 2.05) is 0 Å². The Bertz CT molecular complexity index is 1170. The van der Waals surface area contributed by atoms with E-state index >= 15 is 0 Å². The molecule has 362 valence electrons. The highest BCUT2D eigenvalue weighted by Gasteiger charge is 2.58. The second kappa shape index (κ2) is 32.1. The van der Waals surface area contributed by atoms with Gasteiger partial charge in [0.1, 0.15) is 0 Å². The molecule has 4 atom stereocenters. The van der Waals surface area contributed by atoms with Crippen molar-refractivity contribution in [3.63, 3.8) is 0 Å². The van der Waals surface area contributed by atoms with E-state index < -0.39 is 0 Å². The van der Waals surface area contributed by atoms with Crippen LogP contribution in [0.2, 0.25) is 0 Å². The van der Waals surface area contributed by atoms with Crippen LogP contribution in [0, 0.1) is 28.1 Å². The van der Waals surface area contributed by atoms with Gasteiger partial charge in [-0.15, -0.1) is 0 Å². The van der Waals surface area contributed by atoms with E-state index in [-0.39, 0.29) is 34.2 Å². The molecule has 4 saturated carbocycles. The van der Waals surface area contributed by atoms with Crippen molar-refractivity contribution in [3.8, 4) is 0 Å². The Balaban J connectivity index is 1.60. The molecule has 0 saturated heterocycles. The third kappa shape index (κ3) is 22.0. The number of carbonyl (C=O) groups is 3. The fraction of sp³-hybridized carbons (Fsp3) is 0.945. The zero-order valence-corrected chi connectivity index (χ0v) is 41.7. The quantitative estimate of drug-likeness (QED) is 0.0344. The minimum atomic E-state index is -0.0618. The van der Waals surface area contributed by atoms with Crippen LogP contribution >= 0.6 is 0 Å². The molecular formula is C55H101NO6. The molecule has 7 nitrogen and oxygen atoms in total. The summed E-state index contributed by atoms with van der Waals surface area (Å²) in [4.78, 5) is 41.9. The van der Waals surface area contributed by atoms with Gasteiger partial charge in [0.25, 0.3) is 0 Å². The maximum atomic E-state index is 13.7. The molecule has 0 heterocycles. The molecule has 4 aliphatic carbocycles. The standard InChI is InChI=1S/C55H101NO6/c1-6-11-14-17-20-23-26-40-60-51(58)32-35-54-38-37-53(34-28-41-61-50(57)31-27-39-56(9-4)10-5)42-49(43-54)44-55(46-53,47-54)36-33-52(59)62-45-48(29-24-21-18-15-12-7-2)30-25-22-19-16-13-8-3/h48-49H,6-47H2,1-5H3. The van der Waals surface area contributed by atoms with Crippen molar-refractivity contribution in [1.82, 2.24) is 4.90 Å². The van der Waals surface area contributed by atoms with Crippen LogP contribution in [0.15, 0.2) is 0 Å². The van der Waals surface area contributed by atoms with Crippen LogP contribution in [0.25, 0.3) is 0 Å². The zero-order valence-electron chi connectivity index (χ0n) is 41.7. The van der Waals surface area contributed by atoms with E-state index in [0.29, 0.717) is 50.9 Å². The molecule has 0 aromatic carbocycles. The van der Waals surface area contributed by atoms with E-state index in [9.17, 15) is 14.4 Å². The minimum absolute atomic E-state index is 0.000239. The molecule has 62 heavy (non-hydrogen) atoms. The predicted octanol–water partition coefficient (Wildman–Crippen LogP) is 15.3. The minimum Gasteiger partial charge on any atom is -0.466 e. The fourth-order valence-corrected chi connectivity index (χ4v) is 12.6. The van der Waals surface area contributed by atoms with Crippen molar-refractivity contribution in [2.24, 2.45) is 28.1 Å². The van der Waals surface area contributed by atoms with Crippen LogP contribution in [0.3, 0.4) is 0 Å². The van der Waals surface area contributed by atoms with Gasteiger partial charge in [-0.3, -0.25) is 14.4 Å². The summed E-state index contributed by atoms with van der Waals surface area (Å²) in [6.45, 7) is 15.8. The van der Waals surface area contributed by atoms with Crippen molar-refractivity contribution in [2.75, 3.05) is 39.5 Å². The number of unbranched alkanes of at least 4 members (excludes halogenated alkanes) is 16. The second-order valence-electron chi connectivity index (χ2n) is 21.3. The van der Waals surface area contributed by atoms with Crippen molar-refractivity contribution in [2.45, 2.75) is 266 Å². The summed E-state index contributed by atoms with van der Waals surface area (Å²) in [6, 6.07) is 0. The van der Waals surface area contributed by atoms with Gasteiger partial charge in [-0.05, 0) is 144 Å². The number of fused-ring (bicyclic) bond motifs is 1. The molecule has 0 aromatic heterocycles. The van der Waals surface area contributed by atoms with E-state index in [1.165, 1.54) is 148 Å². The van der Waals surface area contributed by atoms with Crippen LogP contribution in [0.4, 0.5) is 0 Å². The topological polar surface area (TPSA) is 82.1 Å². The molecule has 0 spiro atoms. The van der Waals surface area contributed by atoms with Crippen LogP contribution < -0.4 is 0 Å². The first-order chi connectivity index (χ1) is 30.1. The normalized spacial score (nSPS) is 23.0. The number of esters is 3. The number of rotatable bonds is 40. The molecule has 0 N–H and O–H groups in total. The zero-order chi connectivity index (χ0) is 44.8. The summed E-state index contributed by atoms with van der Waals surface area (Å²) in [5, 5.41) is 0. The van der Waals surface area contributed by atoms with Crippen LogP contribution in [0.5, 0.6) is 0 Å². The lowest BCUT2D eigenvalue weighted by Crippen LogP contribution is -2.45. The first kappa shape index (κ1) is 54.7. The lowest BCUT2D eigenvalue weighted by molar-refractivity contribution is -0.147. The molecule has 0 aromatic rings. The number of hydrogen-bond donors (Lipinski definition) is 0. The Kier molecular flexibility index (Phi) is 28.3. The average molecular weight is 872 g/mol. The summed E-state index contributed by atoms with van der Waals surface area (Å²) in [5.41, 5.74) is 0.465. The van der Waals surface area contributed by atoms with Gasteiger partial charge >= 0.3 is 17.9 Å². The van der Waals surface area contributed by atoms with Gasteiger partial charge in [0.05, 0.1) is 19.8 Å². The molecule has 4 aliphatic rings. The fourth-order valence-electron chi connectivity index (χ4n) is 12.6. The highest BCUT2D eigenvalue weighted by Crippen LogP contribution is 2.69. The van der Waals surface area contributed by atoms with Crippen LogP contribution in [0.1, 0.15) is 266 Å². The van der Waals surface area contributed by atoms with Gasteiger partial charge in [-0.1, -0.05) is 150 Å². The molecule has 4 unspecified atom stereocenters. The number of hydrogen-bond acceptors (Lipinski definition) is 7. The molecule has 4 bridgehead atoms.